The Bertz CT molecular complexity index is 1410. The van der Waals surface area contributed by atoms with Crippen LogP contribution in [0, 0.1) is 0 Å². The van der Waals surface area contributed by atoms with E-state index in [1.165, 1.54) is 24.3 Å². The van der Waals surface area contributed by atoms with Gasteiger partial charge in [-0.1, -0.05) is 12.1 Å². The Labute approximate surface area is 297 Å². The molecule has 0 heterocycles. The van der Waals surface area contributed by atoms with E-state index in [9.17, 15) is 54.0 Å². The first-order valence-electron chi connectivity index (χ1n) is 16.0. The van der Waals surface area contributed by atoms with Gasteiger partial charge in [-0.3, -0.25) is 33.8 Å². The Morgan fingerprint density at radius 1 is 0.673 bits per heavy atom. The van der Waals surface area contributed by atoms with Crippen LogP contribution in [0.4, 0.5) is 0 Å². The molecular formula is C30H48N10O12. The number of phenolic OH excluding ortho intramolecular Hbond substituents is 1. The minimum Gasteiger partial charge on any atom is -0.508 e. The maximum atomic E-state index is 13.5. The molecule has 52 heavy (non-hydrogen) atoms. The third kappa shape index (κ3) is 16.4. The number of carbonyl (C=O) groups is 7. The molecule has 0 bridgehead atoms. The number of benzene rings is 1. The lowest BCUT2D eigenvalue weighted by molar-refractivity contribution is -0.143. The highest BCUT2D eigenvalue weighted by Gasteiger charge is 2.32. The van der Waals surface area contributed by atoms with Crippen LogP contribution < -0.4 is 49.5 Å². The number of phenols is 1. The van der Waals surface area contributed by atoms with Crippen LogP contribution in [-0.4, -0.2) is 136 Å². The Balaban J connectivity index is 3.17. The quantitative estimate of drug-likeness (QED) is 0.0266. The highest BCUT2D eigenvalue weighted by atomic mass is 16.4. The molecule has 0 aliphatic carbocycles. The molecule has 0 radical (unpaired) electrons. The second-order valence-electron chi connectivity index (χ2n) is 11.4. The fourth-order valence-corrected chi connectivity index (χ4v) is 4.44. The Kier molecular flexibility index (Phi) is 19.7. The second-order valence-corrected chi connectivity index (χ2v) is 11.4. The summed E-state index contributed by atoms with van der Waals surface area (Å²) in [6.07, 6.45) is -1.04. The van der Waals surface area contributed by atoms with Crippen molar-refractivity contribution in [3.63, 3.8) is 0 Å². The van der Waals surface area contributed by atoms with Crippen LogP contribution in [0.25, 0.3) is 0 Å². The van der Waals surface area contributed by atoms with Crippen LogP contribution in [0.15, 0.2) is 29.3 Å². The van der Waals surface area contributed by atoms with E-state index in [4.69, 9.17) is 28.0 Å². The average Bonchev–Trinajstić information content (AvgIpc) is 3.09. The van der Waals surface area contributed by atoms with Crippen LogP contribution in [0.2, 0.25) is 0 Å². The normalized spacial score (nSPS) is 14.2. The molecule has 22 heteroatoms. The molecule has 0 unspecified atom stereocenters. The minimum atomic E-state index is -1.71. The van der Waals surface area contributed by atoms with E-state index in [-0.39, 0.29) is 56.9 Å². The fraction of sp³-hybridized carbons (Fsp3) is 0.533. The first-order valence-corrected chi connectivity index (χ1v) is 16.0. The summed E-state index contributed by atoms with van der Waals surface area (Å²) >= 11 is 0. The van der Waals surface area contributed by atoms with E-state index >= 15 is 0 Å². The monoisotopic (exact) mass is 740 g/mol. The number of nitrogens with zero attached hydrogens (tertiary/aromatic N) is 1. The van der Waals surface area contributed by atoms with Gasteiger partial charge in [0.25, 0.3) is 0 Å². The average molecular weight is 741 g/mol. The minimum absolute atomic E-state index is 0.0213. The summed E-state index contributed by atoms with van der Waals surface area (Å²) < 4.78 is 0. The third-order valence-electron chi connectivity index (χ3n) is 7.29. The lowest BCUT2D eigenvalue weighted by atomic mass is 10.0. The Morgan fingerprint density at radius 3 is 1.65 bits per heavy atom. The molecule has 1 aromatic rings. The molecule has 0 aliphatic rings. The number of hydrogen-bond acceptors (Lipinski definition) is 13. The van der Waals surface area contributed by atoms with Crippen LogP contribution in [0.1, 0.15) is 37.7 Å². The lowest BCUT2D eigenvalue weighted by Gasteiger charge is -2.26. The Hall–Kier alpha value is -5.58. The van der Waals surface area contributed by atoms with Gasteiger partial charge in [-0.05, 0) is 49.9 Å². The van der Waals surface area contributed by atoms with E-state index in [1.807, 2.05) is 0 Å². The molecule has 18 N–H and O–H groups in total. The highest BCUT2D eigenvalue weighted by molar-refractivity contribution is 5.96. The van der Waals surface area contributed by atoms with Gasteiger partial charge in [0, 0.05) is 19.4 Å². The molecule has 0 saturated carbocycles. The smallest absolute Gasteiger partial charge is 0.328 e. The van der Waals surface area contributed by atoms with Gasteiger partial charge in [0.05, 0.1) is 19.3 Å². The summed E-state index contributed by atoms with van der Waals surface area (Å²) in [4.78, 5) is 91.6. The van der Waals surface area contributed by atoms with Gasteiger partial charge in [-0.2, -0.15) is 0 Å². The van der Waals surface area contributed by atoms with Crippen molar-refractivity contribution in [1.29, 1.82) is 0 Å². The topological polar surface area (TPSA) is 397 Å². The predicted octanol–water partition coefficient (Wildman–Crippen LogP) is -5.98. The zero-order valence-electron chi connectivity index (χ0n) is 28.2. The van der Waals surface area contributed by atoms with Crippen LogP contribution >= 0.6 is 0 Å². The van der Waals surface area contributed by atoms with E-state index in [2.05, 4.69) is 31.6 Å². The molecule has 0 saturated heterocycles. The molecule has 0 spiro atoms. The summed E-state index contributed by atoms with van der Waals surface area (Å²) in [5, 5.41) is 58.5. The van der Waals surface area contributed by atoms with Crippen molar-refractivity contribution in [2.24, 2.45) is 27.9 Å². The number of carbonyl (C=O) groups excluding carboxylic acids is 5. The molecule has 6 atom stereocenters. The number of aliphatic hydroxyl groups excluding tert-OH is 2. The predicted molar refractivity (Wildman–Crippen MR) is 182 cm³/mol. The van der Waals surface area contributed by atoms with Crippen molar-refractivity contribution in [3.05, 3.63) is 29.8 Å². The van der Waals surface area contributed by atoms with E-state index in [1.54, 1.807) is 0 Å². The van der Waals surface area contributed by atoms with Gasteiger partial charge in [0.15, 0.2) is 5.96 Å². The van der Waals surface area contributed by atoms with Crippen molar-refractivity contribution in [1.82, 2.24) is 26.6 Å². The number of carboxylic acids is 2. The van der Waals surface area contributed by atoms with Crippen molar-refractivity contribution in [2.45, 2.75) is 74.8 Å². The molecule has 1 rings (SSSR count). The maximum Gasteiger partial charge on any atom is 0.328 e. The molecule has 1 aromatic carbocycles. The summed E-state index contributed by atoms with van der Waals surface area (Å²) in [6, 6.07) is -3.33. The number of aliphatic carboxylic acids is 2. The second kappa shape index (κ2) is 23.0. The van der Waals surface area contributed by atoms with Crippen LogP contribution in [0.3, 0.4) is 0 Å². The molecule has 0 aromatic heterocycles. The van der Waals surface area contributed by atoms with Gasteiger partial charge < -0.3 is 75.1 Å². The van der Waals surface area contributed by atoms with Crippen LogP contribution in [-0.2, 0) is 40.0 Å². The summed E-state index contributed by atoms with van der Waals surface area (Å²) in [6.45, 7) is -2.09. The Morgan fingerprint density at radius 2 is 1.15 bits per heavy atom. The number of carboxylic acid groups (broad SMARTS) is 2. The number of hydrogen-bond donors (Lipinski definition) is 14. The number of nitrogens with two attached hydrogens (primary N) is 4. The number of nitrogens with one attached hydrogen (secondary N) is 5. The van der Waals surface area contributed by atoms with Crippen molar-refractivity contribution in [3.8, 4) is 5.75 Å². The van der Waals surface area contributed by atoms with E-state index in [0.717, 1.165) is 0 Å². The third-order valence-corrected chi connectivity index (χ3v) is 7.29. The number of aromatic hydroxyl groups is 1. The first kappa shape index (κ1) is 44.4. The van der Waals surface area contributed by atoms with Crippen LogP contribution in [0.5, 0.6) is 5.75 Å². The number of aliphatic imine (C=N–C) groups is 1. The maximum absolute atomic E-state index is 13.5. The fourth-order valence-electron chi connectivity index (χ4n) is 4.44. The molecule has 22 nitrogen and oxygen atoms in total. The molecule has 0 aliphatic heterocycles. The first-order chi connectivity index (χ1) is 24.5. The highest BCUT2D eigenvalue weighted by Crippen LogP contribution is 2.12. The molecule has 290 valence electrons. The largest absolute Gasteiger partial charge is 0.508 e. The zero-order chi connectivity index (χ0) is 39.4. The van der Waals surface area contributed by atoms with Gasteiger partial charge in [0.2, 0.25) is 29.5 Å². The molecule has 5 amide bonds. The SMILES string of the molecule is NCC[C@@H](NC(=O)[C@H](Cc1ccc(O)cc1)NC(=O)[C@@H](N)CCC(=O)O)C(=O)N[C@@H](CO)C(=O)N[C@@H](CCCN=C(N)N)C(=O)N[C@@H](CO)C(=O)O. The van der Waals surface area contributed by atoms with Gasteiger partial charge in [-0.25, -0.2) is 4.79 Å². The number of rotatable bonds is 24. The molecular weight excluding hydrogens is 692 g/mol. The number of amides is 5. The van der Waals surface area contributed by atoms with Crippen molar-refractivity contribution < 1.29 is 59.1 Å². The van der Waals surface area contributed by atoms with E-state index in [0.29, 0.717) is 5.56 Å². The van der Waals surface area contributed by atoms with Gasteiger partial charge in [0.1, 0.15) is 36.0 Å². The summed E-state index contributed by atoms with van der Waals surface area (Å²) in [7, 11) is 0. The summed E-state index contributed by atoms with van der Waals surface area (Å²) in [5.74, 6) is -7.92. The lowest BCUT2D eigenvalue weighted by Crippen LogP contribution is -2.60. The van der Waals surface area contributed by atoms with E-state index < -0.39 is 97.4 Å². The van der Waals surface area contributed by atoms with Crippen molar-refractivity contribution in [2.75, 3.05) is 26.3 Å². The van der Waals surface area contributed by atoms with Crippen molar-refractivity contribution >= 4 is 47.4 Å². The van der Waals surface area contributed by atoms with Gasteiger partial charge >= 0.3 is 11.9 Å². The zero-order valence-corrected chi connectivity index (χ0v) is 28.2. The standard InChI is InChI=1S/C30H48N10O12/c31-10-9-19(37-27(49)20(12-15-3-5-16(43)6-4-15)38-24(46)17(32)7-8-23(44)45)26(48)39-21(13-41)28(50)36-18(2-1-11-35-30(33)34)25(47)40-22(14-42)29(51)52/h3-6,17-22,41-43H,1-2,7-14,31-32H2,(H,36,50)(H,37,49)(H,38,46)(H,39,48)(H,40,47)(H,44,45)(H,51,52)(H4,33,34,35)/t17-,18-,19+,20-,21-,22-/m0/s1. The van der Waals surface area contributed by atoms with Gasteiger partial charge in [-0.15, -0.1) is 0 Å². The summed E-state index contributed by atoms with van der Waals surface area (Å²) in [5.41, 5.74) is 22.5. The number of guanidine groups is 1. The molecule has 0 fully saturated rings. The number of aliphatic hydroxyl groups is 2.